The maximum Gasteiger partial charge on any atom is 0.337 e. The summed E-state index contributed by atoms with van der Waals surface area (Å²) in [5.41, 5.74) is 0.125. The molecule has 0 spiro atoms. The standard InChI is InChI=1S/C13H16N2O3/c1-15(12(16)9-4-2-3-5-9)11-7-6-10(8-14-11)13(17)18/h6-9H,2-5H2,1H3,(H,17,18). The van der Waals surface area contributed by atoms with E-state index in [-0.39, 0.29) is 17.4 Å². The molecule has 0 bridgehead atoms. The molecule has 1 N–H and O–H groups in total. The zero-order valence-electron chi connectivity index (χ0n) is 10.3. The Morgan fingerprint density at radius 1 is 1.33 bits per heavy atom. The van der Waals surface area contributed by atoms with Gasteiger partial charge in [-0.2, -0.15) is 0 Å². The number of carboxylic acids is 1. The number of aromatic nitrogens is 1. The van der Waals surface area contributed by atoms with Crippen molar-refractivity contribution in [3.8, 4) is 0 Å². The van der Waals surface area contributed by atoms with Gasteiger partial charge in [0, 0.05) is 19.2 Å². The summed E-state index contributed by atoms with van der Waals surface area (Å²) in [4.78, 5) is 28.4. The van der Waals surface area contributed by atoms with Crippen LogP contribution in [0.3, 0.4) is 0 Å². The largest absolute Gasteiger partial charge is 0.478 e. The number of anilines is 1. The molecular formula is C13H16N2O3. The third-order valence-corrected chi connectivity index (χ3v) is 3.37. The predicted octanol–water partition coefficient (Wildman–Crippen LogP) is 1.93. The maximum absolute atomic E-state index is 12.1. The van der Waals surface area contributed by atoms with E-state index in [2.05, 4.69) is 4.98 Å². The number of carboxylic acid groups (broad SMARTS) is 1. The second-order valence-corrected chi connectivity index (χ2v) is 4.59. The minimum Gasteiger partial charge on any atom is -0.478 e. The van der Waals surface area contributed by atoms with Crippen LogP contribution in [0.1, 0.15) is 36.0 Å². The Balaban J connectivity index is 2.10. The number of hydrogen-bond donors (Lipinski definition) is 1. The summed E-state index contributed by atoms with van der Waals surface area (Å²) >= 11 is 0. The summed E-state index contributed by atoms with van der Waals surface area (Å²) in [6.45, 7) is 0. The molecule has 5 heteroatoms. The first-order chi connectivity index (χ1) is 8.59. The Kier molecular flexibility index (Phi) is 3.60. The van der Waals surface area contributed by atoms with Gasteiger partial charge in [0.15, 0.2) is 0 Å². The fourth-order valence-corrected chi connectivity index (χ4v) is 2.27. The van der Waals surface area contributed by atoms with E-state index in [1.165, 1.54) is 17.2 Å². The number of carbonyl (C=O) groups excluding carboxylic acids is 1. The molecule has 18 heavy (non-hydrogen) atoms. The SMILES string of the molecule is CN(C(=O)C1CCCC1)c1ccc(C(=O)O)cn1. The van der Waals surface area contributed by atoms with Crippen molar-refractivity contribution >= 4 is 17.7 Å². The average molecular weight is 248 g/mol. The van der Waals surface area contributed by atoms with E-state index in [0.29, 0.717) is 5.82 Å². The molecular weight excluding hydrogens is 232 g/mol. The average Bonchev–Trinajstić information content (AvgIpc) is 2.91. The summed E-state index contributed by atoms with van der Waals surface area (Å²) < 4.78 is 0. The first kappa shape index (κ1) is 12.5. The molecule has 1 aromatic heterocycles. The van der Waals surface area contributed by atoms with Crippen molar-refractivity contribution in [2.75, 3.05) is 11.9 Å². The van der Waals surface area contributed by atoms with Gasteiger partial charge in [-0.25, -0.2) is 9.78 Å². The van der Waals surface area contributed by atoms with E-state index in [0.717, 1.165) is 25.7 Å². The Morgan fingerprint density at radius 3 is 2.50 bits per heavy atom. The number of aromatic carboxylic acids is 1. The fraction of sp³-hybridized carbons (Fsp3) is 0.462. The Labute approximate surface area is 105 Å². The molecule has 2 rings (SSSR count). The normalized spacial score (nSPS) is 15.6. The van der Waals surface area contributed by atoms with E-state index < -0.39 is 5.97 Å². The molecule has 1 aliphatic carbocycles. The lowest BCUT2D eigenvalue weighted by atomic mass is 10.1. The van der Waals surface area contributed by atoms with Crippen LogP contribution in [0.15, 0.2) is 18.3 Å². The summed E-state index contributed by atoms with van der Waals surface area (Å²) in [6, 6.07) is 3.03. The highest BCUT2D eigenvalue weighted by Gasteiger charge is 2.26. The lowest BCUT2D eigenvalue weighted by Crippen LogP contribution is -2.32. The number of rotatable bonds is 3. The van der Waals surface area contributed by atoms with E-state index in [4.69, 9.17) is 5.11 Å². The van der Waals surface area contributed by atoms with E-state index >= 15 is 0 Å². The molecule has 1 heterocycles. The smallest absolute Gasteiger partial charge is 0.337 e. The molecule has 0 atom stereocenters. The van der Waals surface area contributed by atoms with Crippen molar-refractivity contribution in [3.05, 3.63) is 23.9 Å². The lowest BCUT2D eigenvalue weighted by molar-refractivity contribution is -0.121. The Hall–Kier alpha value is -1.91. The zero-order valence-corrected chi connectivity index (χ0v) is 10.3. The van der Waals surface area contributed by atoms with Crippen LogP contribution >= 0.6 is 0 Å². The Bertz CT molecular complexity index is 450. The van der Waals surface area contributed by atoms with Crippen molar-refractivity contribution in [1.29, 1.82) is 0 Å². The van der Waals surface area contributed by atoms with Crippen LogP contribution in [0, 0.1) is 5.92 Å². The molecule has 1 aromatic rings. The van der Waals surface area contributed by atoms with Crippen LogP contribution in [-0.2, 0) is 4.79 Å². The summed E-state index contributed by atoms with van der Waals surface area (Å²) in [5, 5.41) is 8.78. The molecule has 0 saturated heterocycles. The predicted molar refractivity (Wildman–Crippen MR) is 66.6 cm³/mol. The molecule has 1 amide bonds. The lowest BCUT2D eigenvalue weighted by Gasteiger charge is -2.19. The van der Waals surface area contributed by atoms with Crippen LogP contribution in [0.2, 0.25) is 0 Å². The molecule has 1 aliphatic rings. The first-order valence-electron chi connectivity index (χ1n) is 6.06. The quantitative estimate of drug-likeness (QED) is 0.887. The molecule has 1 saturated carbocycles. The zero-order chi connectivity index (χ0) is 13.1. The maximum atomic E-state index is 12.1. The summed E-state index contributed by atoms with van der Waals surface area (Å²) in [5.74, 6) is -0.352. The van der Waals surface area contributed by atoms with Gasteiger partial charge in [-0.3, -0.25) is 9.69 Å². The van der Waals surface area contributed by atoms with Crippen LogP contribution in [0.4, 0.5) is 5.82 Å². The number of carbonyl (C=O) groups is 2. The molecule has 0 unspecified atom stereocenters. The summed E-state index contributed by atoms with van der Waals surface area (Å²) in [7, 11) is 1.68. The molecule has 0 aliphatic heterocycles. The van der Waals surface area contributed by atoms with Crippen LogP contribution in [-0.4, -0.2) is 29.0 Å². The first-order valence-corrected chi connectivity index (χ1v) is 6.06. The summed E-state index contributed by atoms with van der Waals surface area (Å²) in [6.07, 6.45) is 5.37. The van der Waals surface area contributed by atoms with Gasteiger partial charge in [-0.05, 0) is 25.0 Å². The second-order valence-electron chi connectivity index (χ2n) is 4.59. The van der Waals surface area contributed by atoms with Crippen molar-refractivity contribution < 1.29 is 14.7 Å². The van der Waals surface area contributed by atoms with Gasteiger partial charge in [-0.15, -0.1) is 0 Å². The van der Waals surface area contributed by atoms with Crippen LogP contribution in [0.5, 0.6) is 0 Å². The highest BCUT2D eigenvalue weighted by atomic mass is 16.4. The molecule has 5 nitrogen and oxygen atoms in total. The molecule has 1 fully saturated rings. The number of pyridine rings is 1. The Morgan fingerprint density at radius 2 is 2.00 bits per heavy atom. The van der Waals surface area contributed by atoms with E-state index in [1.54, 1.807) is 13.1 Å². The fourth-order valence-electron chi connectivity index (χ4n) is 2.27. The van der Waals surface area contributed by atoms with Gasteiger partial charge in [0.25, 0.3) is 0 Å². The van der Waals surface area contributed by atoms with Crippen LogP contribution in [0.25, 0.3) is 0 Å². The van der Waals surface area contributed by atoms with Crippen molar-refractivity contribution in [2.24, 2.45) is 5.92 Å². The minimum atomic E-state index is -1.01. The number of hydrogen-bond acceptors (Lipinski definition) is 3. The van der Waals surface area contributed by atoms with Gasteiger partial charge >= 0.3 is 5.97 Å². The van der Waals surface area contributed by atoms with Gasteiger partial charge < -0.3 is 5.11 Å². The van der Waals surface area contributed by atoms with Crippen molar-refractivity contribution in [2.45, 2.75) is 25.7 Å². The number of amides is 1. The van der Waals surface area contributed by atoms with Crippen molar-refractivity contribution in [1.82, 2.24) is 4.98 Å². The monoisotopic (exact) mass is 248 g/mol. The molecule has 96 valence electrons. The van der Waals surface area contributed by atoms with Gasteiger partial charge in [0.2, 0.25) is 5.91 Å². The molecule has 0 aromatic carbocycles. The third-order valence-electron chi connectivity index (χ3n) is 3.37. The number of nitrogens with zero attached hydrogens (tertiary/aromatic N) is 2. The molecule has 0 radical (unpaired) electrons. The van der Waals surface area contributed by atoms with E-state index in [1.807, 2.05) is 0 Å². The van der Waals surface area contributed by atoms with Gasteiger partial charge in [0.1, 0.15) is 5.82 Å². The van der Waals surface area contributed by atoms with Crippen molar-refractivity contribution in [3.63, 3.8) is 0 Å². The highest BCUT2D eigenvalue weighted by molar-refractivity contribution is 5.94. The third kappa shape index (κ3) is 2.50. The highest BCUT2D eigenvalue weighted by Crippen LogP contribution is 2.27. The topological polar surface area (TPSA) is 70.5 Å². The van der Waals surface area contributed by atoms with Crippen LogP contribution < -0.4 is 4.90 Å². The van der Waals surface area contributed by atoms with Gasteiger partial charge in [0.05, 0.1) is 5.56 Å². The van der Waals surface area contributed by atoms with Gasteiger partial charge in [-0.1, -0.05) is 12.8 Å². The second kappa shape index (κ2) is 5.16. The van der Waals surface area contributed by atoms with E-state index in [9.17, 15) is 9.59 Å². The minimum absolute atomic E-state index is 0.0723.